The summed E-state index contributed by atoms with van der Waals surface area (Å²) in [5.41, 5.74) is 8.97. The average molecular weight is 374 g/mol. The van der Waals surface area contributed by atoms with Gasteiger partial charge in [-0.15, -0.1) is 12.4 Å². The molecule has 0 aromatic heterocycles. The van der Waals surface area contributed by atoms with Gasteiger partial charge in [0.2, 0.25) is 0 Å². The zero-order valence-corrected chi connectivity index (χ0v) is 16.3. The van der Waals surface area contributed by atoms with Crippen molar-refractivity contribution in [3.05, 3.63) is 71.8 Å². The number of aliphatic hydroxyl groups excluding tert-OH is 1. The number of hydrogen-bond donors (Lipinski definition) is 2. The van der Waals surface area contributed by atoms with E-state index in [2.05, 4.69) is 48.5 Å². The standard InChI is InChI=1S/C23H31NO.ClH/c24-23(20-14-8-3-9-15-20)17-21(25)16-22(18-10-4-1-5-11-18)19-12-6-2-7-13-19;/h1-2,4-7,10-13,20-23,25H,3,8-9,14-17,24H2;1H. The normalized spacial score (nSPS) is 17.5. The Morgan fingerprint density at radius 2 is 1.31 bits per heavy atom. The summed E-state index contributed by atoms with van der Waals surface area (Å²) in [5, 5.41) is 10.8. The van der Waals surface area contributed by atoms with Gasteiger partial charge in [0.25, 0.3) is 0 Å². The van der Waals surface area contributed by atoms with Crippen molar-refractivity contribution in [3.63, 3.8) is 0 Å². The molecule has 0 heterocycles. The lowest BCUT2D eigenvalue weighted by Gasteiger charge is -2.30. The van der Waals surface area contributed by atoms with Crippen LogP contribution in [0.5, 0.6) is 0 Å². The maximum absolute atomic E-state index is 10.8. The summed E-state index contributed by atoms with van der Waals surface area (Å²) in [5.74, 6) is 0.811. The number of halogens is 1. The minimum atomic E-state index is -0.359. The summed E-state index contributed by atoms with van der Waals surface area (Å²) in [6.45, 7) is 0. The first-order valence-corrected chi connectivity index (χ1v) is 9.77. The number of nitrogens with two attached hydrogens (primary N) is 1. The third kappa shape index (κ3) is 5.84. The molecule has 0 bridgehead atoms. The van der Waals surface area contributed by atoms with E-state index in [1.165, 1.54) is 43.2 Å². The third-order valence-corrected chi connectivity index (χ3v) is 5.71. The van der Waals surface area contributed by atoms with Gasteiger partial charge in [-0.1, -0.05) is 79.9 Å². The van der Waals surface area contributed by atoms with Gasteiger partial charge in [-0.05, 0) is 42.7 Å². The molecule has 0 radical (unpaired) electrons. The third-order valence-electron chi connectivity index (χ3n) is 5.71. The predicted molar refractivity (Wildman–Crippen MR) is 112 cm³/mol. The summed E-state index contributed by atoms with van der Waals surface area (Å²) in [7, 11) is 0. The van der Waals surface area contributed by atoms with Crippen molar-refractivity contribution < 1.29 is 5.11 Å². The van der Waals surface area contributed by atoms with Gasteiger partial charge in [-0.3, -0.25) is 0 Å². The highest BCUT2D eigenvalue weighted by Crippen LogP contribution is 2.32. The van der Waals surface area contributed by atoms with E-state index < -0.39 is 0 Å². The van der Waals surface area contributed by atoms with Crippen LogP contribution in [-0.2, 0) is 0 Å². The number of hydrogen-bond acceptors (Lipinski definition) is 2. The van der Waals surface area contributed by atoms with Gasteiger partial charge in [-0.25, -0.2) is 0 Å². The minimum Gasteiger partial charge on any atom is -0.393 e. The molecule has 26 heavy (non-hydrogen) atoms. The molecule has 2 aromatic rings. The zero-order chi connectivity index (χ0) is 17.5. The van der Waals surface area contributed by atoms with Gasteiger partial charge in [-0.2, -0.15) is 0 Å². The molecule has 0 amide bonds. The van der Waals surface area contributed by atoms with Gasteiger partial charge in [0, 0.05) is 12.0 Å². The van der Waals surface area contributed by atoms with E-state index in [0.717, 1.165) is 6.42 Å². The van der Waals surface area contributed by atoms with Crippen molar-refractivity contribution in [2.75, 3.05) is 0 Å². The maximum Gasteiger partial charge on any atom is 0.0564 e. The molecule has 0 aliphatic heterocycles. The second-order valence-electron chi connectivity index (χ2n) is 7.56. The van der Waals surface area contributed by atoms with Crippen LogP contribution in [-0.4, -0.2) is 17.3 Å². The Morgan fingerprint density at radius 1 is 0.808 bits per heavy atom. The highest BCUT2D eigenvalue weighted by molar-refractivity contribution is 5.85. The van der Waals surface area contributed by atoms with E-state index in [1.807, 2.05) is 12.1 Å². The lowest BCUT2D eigenvalue weighted by atomic mass is 9.80. The molecule has 2 atom stereocenters. The molecular formula is C23H32ClNO. The van der Waals surface area contributed by atoms with Crippen molar-refractivity contribution >= 4 is 12.4 Å². The largest absolute Gasteiger partial charge is 0.393 e. The Bertz CT molecular complexity index is 573. The minimum absolute atomic E-state index is 0. The molecule has 1 saturated carbocycles. The number of benzene rings is 2. The quantitative estimate of drug-likeness (QED) is 0.692. The molecule has 0 saturated heterocycles. The van der Waals surface area contributed by atoms with Crippen molar-refractivity contribution in [1.82, 2.24) is 0 Å². The highest BCUT2D eigenvalue weighted by Gasteiger charge is 2.25. The molecular weight excluding hydrogens is 342 g/mol. The molecule has 3 heteroatoms. The van der Waals surface area contributed by atoms with E-state index in [0.29, 0.717) is 12.3 Å². The van der Waals surface area contributed by atoms with Gasteiger partial charge in [0.05, 0.1) is 6.10 Å². The first-order chi connectivity index (χ1) is 12.2. The predicted octanol–water partition coefficient (Wildman–Crippen LogP) is 5.29. The summed E-state index contributed by atoms with van der Waals surface area (Å²) in [6, 6.07) is 21.1. The number of aliphatic hydroxyl groups is 1. The van der Waals surface area contributed by atoms with Crippen LogP contribution in [0.4, 0.5) is 0 Å². The van der Waals surface area contributed by atoms with Gasteiger partial charge in [0.1, 0.15) is 0 Å². The Balaban J connectivity index is 0.00000243. The van der Waals surface area contributed by atoms with Crippen molar-refractivity contribution in [3.8, 4) is 0 Å². The second kappa shape index (κ2) is 10.7. The molecule has 142 valence electrons. The fourth-order valence-corrected chi connectivity index (χ4v) is 4.27. The van der Waals surface area contributed by atoms with Gasteiger partial charge < -0.3 is 10.8 Å². The van der Waals surface area contributed by atoms with Crippen LogP contribution < -0.4 is 5.73 Å². The second-order valence-corrected chi connectivity index (χ2v) is 7.56. The Kier molecular flexibility index (Phi) is 8.64. The van der Waals surface area contributed by atoms with Crippen LogP contribution in [0.15, 0.2) is 60.7 Å². The summed E-state index contributed by atoms with van der Waals surface area (Å²) >= 11 is 0. The van der Waals surface area contributed by atoms with E-state index in [-0.39, 0.29) is 30.5 Å². The molecule has 1 aliphatic carbocycles. The molecule has 1 fully saturated rings. The molecule has 1 aliphatic rings. The summed E-state index contributed by atoms with van der Waals surface area (Å²) in [6.07, 6.45) is 7.48. The topological polar surface area (TPSA) is 46.2 Å². The Hall–Kier alpha value is -1.35. The smallest absolute Gasteiger partial charge is 0.0564 e. The van der Waals surface area contributed by atoms with Crippen molar-refractivity contribution in [2.45, 2.75) is 63.0 Å². The fourth-order valence-electron chi connectivity index (χ4n) is 4.27. The summed E-state index contributed by atoms with van der Waals surface area (Å²) < 4.78 is 0. The van der Waals surface area contributed by atoms with Crippen molar-refractivity contribution in [2.24, 2.45) is 11.7 Å². The molecule has 3 N–H and O–H groups in total. The highest BCUT2D eigenvalue weighted by atomic mass is 35.5. The lowest BCUT2D eigenvalue weighted by Crippen LogP contribution is -2.35. The van der Waals surface area contributed by atoms with Gasteiger partial charge in [0.15, 0.2) is 0 Å². The van der Waals surface area contributed by atoms with E-state index in [4.69, 9.17) is 5.73 Å². The monoisotopic (exact) mass is 373 g/mol. The maximum atomic E-state index is 10.8. The molecule has 2 unspecified atom stereocenters. The molecule has 3 rings (SSSR count). The van der Waals surface area contributed by atoms with Crippen LogP contribution >= 0.6 is 12.4 Å². The molecule has 2 aromatic carbocycles. The zero-order valence-electron chi connectivity index (χ0n) is 15.5. The summed E-state index contributed by atoms with van der Waals surface area (Å²) in [4.78, 5) is 0. The molecule has 0 spiro atoms. The first-order valence-electron chi connectivity index (χ1n) is 9.77. The lowest BCUT2D eigenvalue weighted by molar-refractivity contribution is 0.125. The van der Waals surface area contributed by atoms with Crippen LogP contribution in [0.3, 0.4) is 0 Å². The van der Waals surface area contributed by atoms with Crippen molar-refractivity contribution in [1.29, 1.82) is 0 Å². The average Bonchev–Trinajstić information content (AvgIpc) is 2.68. The van der Waals surface area contributed by atoms with Crippen LogP contribution in [0.1, 0.15) is 62.0 Å². The fraction of sp³-hybridized carbons (Fsp3) is 0.478. The van der Waals surface area contributed by atoms with E-state index in [1.54, 1.807) is 0 Å². The Morgan fingerprint density at radius 3 is 1.81 bits per heavy atom. The number of rotatable bonds is 7. The Labute approximate surface area is 164 Å². The van der Waals surface area contributed by atoms with E-state index >= 15 is 0 Å². The van der Waals surface area contributed by atoms with Crippen LogP contribution in [0, 0.1) is 5.92 Å². The molecule has 2 nitrogen and oxygen atoms in total. The van der Waals surface area contributed by atoms with Crippen LogP contribution in [0.25, 0.3) is 0 Å². The van der Waals surface area contributed by atoms with Crippen LogP contribution in [0.2, 0.25) is 0 Å². The SMILES string of the molecule is Cl.NC(CC(O)CC(c1ccccc1)c1ccccc1)C1CCCCC1. The van der Waals surface area contributed by atoms with Gasteiger partial charge >= 0.3 is 0 Å². The van der Waals surface area contributed by atoms with E-state index in [9.17, 15) is 5.11 Å². The first kappa shape index (κ1) is 21.0.